The molecule has 6 heteroatoms. The maximum Gasteiger partial charge on any atom is 0.417 e. The van der Waals surface area contributed by atoms with Crippen molar-refractivity contribution >= 4 is 15.9 Å². The van der Waals surface area contributed by atoms with Crippen molar-refractivity contribution in [2.75, 3.05) is 0 Å². The van der Waals surface area contributed by atoms with E-state index in [1.807, 2.05) is 0 Å². The number of hydrogen-bond donors (Lipinski definition) is 2. The summed E-state index contributed by atoms with van der Waals surface area (Å²) in [5.74, 6) is 7.76. The standard InChI is InChI=1S/C12H12BrF3N2/c1-2-3-4-11(18-17)8-5-6-10(13)9(7-8)12(14,15)16/h1,5-7,11,18H,3-4,17H2. The minimum atomic E-state index is -4.40. The number of rotatable bonds is 4. The first kappa shape index (κ1) is 15.0. The Morgan fingerprint density at radius 3 is 2.61 bits per heavy atom. The third kappa shape index (κ3) is 3.73. The molecule has 0 saturated carbocycles. The van der Waals surface area contributed by atoms with Gasteiger partial charge in [0, 0.05) is 16.9 Å². The first-order valence-electron chi connectivity index (χ1n) is 5.16. The summed E-state index contributed by atoms with van der Waals surface area (Å²) in [6.45, 7) is 0. The number of nitrogens with two attached hydrogens (primary N) is 1. The second kappa shape index (κ2) is 6.23. The van der Waals surface area contributed by atoms with E-state index in [0.29, 0.717) is 18.4 Å². The van der Waals surface area contributed by atoms with Gasteiger partial charge in [-0.3, -0.25) is 11.3 Å². The van der Waals surface area contributed by atoms with E-state index in [9.17, 15) is 13.2 Å². The summed E-state index contributed by atoms with van der Waals surface area (Å²) in [5.41, 5.74) is 2.21. The van der Waals surface area contributed by atoms with E-state index >= 15 is 0 Å². The number of hydrazine groups is 1. The Kier molecular flexibility index (Phi) is 5.20. The van der Waals surface area contributed by atoms with E-state index < -0.39 is 17.8 Å². The summed E-state index contributed by atoms with van der Waals surface area (Å²) in [6, 6.07) is 3.62. The zero-order valence-corrected chi connectivity index (χ0v) is 11.0. The summed E-state index contributed by atoms with van der Waals surface area (Å²) in [6.07, 6.45) is 1.64. The lowest BCUT2D eigenvalue weighted by Gasteiger charge is -2.17. The van der Waals surface area contributed by atoms with Crippen LogP contribution >= 0.6 is 15.9 Å². The lowest BCUT2D eigenvalue weighted by atomic mass is 10.0. The monoisotopic (exact) mass is 320 g/mol. The van der Waals surface area contributed by atoms with Gasteiger partial charge in [0.1, 0.15) is 0 Å². The molecule has 1 unspecified atom stereocenters. The molecule has 0 aliphatic heterocycles. The van der Waals surface area contributed by atoms with Gasteiger partial charge in [0.25, 0.3) is 0 Å². The zero-order chi connectivity index (χ0) is 13.8. The first-order valence-corrected chi connectivity index (χ1v) is 5.95. The molecule has 3 N–H and O–H groups in total. The molecule has 0 fully saturated rings. The van der Waals surface area contributed by atoms with E-state index in [0.717, 1.165) is 6.07 Å². The number of hydrogen-bond acceptors (Lipinski definition) is 2. The van der Waals surface area contributed by atoms with Crippen LogP contribution in [0, 0.1) is 12.3 Å². The molecule has 0 aromatic heterocycles. The molecule has 0 bridgehead atoms. The highest BCUT2D eigenvalue weighted by atomic mass is 79.9. The van der Waals surface area contributed by atoms with Gasteiger partial charge in [-0.05, 0) is 24.1 Å². The lowest BCUT2D eigenvalue weighted by molar-refractivity contribution is -0.138. The molecule has 1 aromatic carbocycles. The Balaban J connectivity index is 3.07. The predicted octanol–water partition coefficient (Wildman–Crippen LogP) is 3.39. The summed E-state index contributed by atoms with van der Waals surface area (Å²) in [4.78, 5) is 0. The fourth-order valence-electron chi connectivity index (χ4n) is 1.55. The third-order valence-corrected chi connectivity index (χ3v) is 3.17. The average Bonchev–Trinajstić information content (AvgIpc) is 2.30. The molecule has 0 heterocycles. The van der Waals surface area contributed by atoms with Gasteiger partial charge in [-0.1, -0.05) is 22.0 Å². The third-order valence-electron chi connectivity index (χ3n) is 2.48. The Hall–Kier alpha value is -1.03. The van der Waals surface area contributed by atoms with Crippen molar-refractivity contribution in [1.82, 2.24) is 5.43 Å². The summed E-state index contributed by atoms with van der Waals surface area (Å²) in [5, 5.41) is 0. The van der Waals surface area contributed by atoms with Gasteiger partial charge < -0.3 is 0 Å². The molecule has 1 rings (SSSR count). The van der Waals surface area contributed by atoms with Crippen LogP contribution in [0.2, 0.25) is 0 Å². The highest BCUT2D eigenvalue weighted by molar-refractivity contribution is 9.10. The number of halogens is 4. The molecule has 18 heavy (non-hydrogen) atoms. The van der Waals surface area contributed by atoms with Crippen LogP contribution < -0.4 is 11.3 Å². The van der Waals surface area contributed by atoms with Gasteiger partial charge in [0.05, 0.1) is 5.56 Å². The van der Waals surface area contributed by atoms with Crippen LogP contribution in [0.5, 0.6) is 0 Å². The van der Waals surface area contributed by atoms with E-state index in [-0.39, 0.29) is 4.47 Å². The molecule has 1 aromatic rings. The molecule has 0 amide bonds. The largest absolute Gasteiger partial charge is 0.417 e. The van der Waals surface area contributed by atoms with Crippen LogP contribution in [-0.4, -0.2) is 0 Å². The fourth-order valence-corrected chi connectivity index (χ4v) is 2.02. The number of benzene rings is 1. The Labute approximate surface area is 112 Å². The van der Waals surface area contributed by atoms with Crippen LogP contribution in [0.15, 0.2) is 22.7 Å². The maximum atomic E-state index is 12.7. The maximum absolute atomic E-state index is 12.7. The summed E-state index contributed by atoms with van der Waals surface area (Å²) < 4.78 is 38.2. The minimum Gasteiger partial charge on any atom is -0.271 e. The van der Waals surface area contributed by atoms with Gasteiger partial charge in [-0.25, -0.2) is 0 Å². The Morgan fingerprint density at radius 2 is 2.11 bits per heavy atom. The summed E-state index contributed by atoms with van der Waals surface area (Å²) in [7, 11) is 0. The van der Waals surface area contributed by atoms with Gasteiger partial charge in [-0.2, -0.15) is 13.2 Å². The fraction of sp³-hybridized carbons (Fsp3) is 0.333. The Morgan fingerprint density at radius 1 is 1.44 bits per heavy atom. The van der Waals surface area contributed by atoms with Crippen LogP contribution in [0.1, 0.15) is 30.0 Å². The quantitative estimate of drug-likeness (QED) is 0.507. The number of alkyl halides is 3. The number of nitrogens with one attached hydrogen (secondary N) is 1. The molecular formula is C12H12BrF3N2. The SMILES string of the molecule is C#CCCC(NN)c1ccc(Br)c(C(F)(F)F)c1. The highest BCUT2D eigenvalue weighted by Crippen LogP contribution is 2.36. The van der Waals surface area contributed by atoms with Crippen LogP contribution in [0.25, 0.3) is 0 Å². The van der Waals surface area contributed by atoms with Gasteiger partial charge in [0.15, 0.2) is 0 Å². The normalized spacial score (nSPS) is 13.1. The molecule has 0 saturated heterocycles. The molecule has 1 atom stereocenters. The average molecular weight is 321 g/mol. The van der Waals surface area contributed by atoms with Crippen molar-refractivity contribution in [3.05, 3.63) is 33.8 Å². The highest BCUT2D eigenvalue weighted by Gasteiger charge is 2.33. The van der Waals surface area contributed by atoms with Gasteiger partial charge in [0.2, 0.25) is 0 Å². The van der Waals surface area contributed by atoms with Crippen LogP contribution in [0.4, 0.5) is 13.2 Å². The topological polar surface area (TPSA) is 38.0 Å². The minimum absolute atomic E-state index is 0.00599. The van der Waals surface area contributed by atoms with Crippen molar-refractivity contribution in [2.24, 2.45) is 5.84 Å². The molecule has 0 radical (unpaired) electrons. The zero-order valence-electron chi connectivity index (χ0n) is 9.39. The first-order chi connectivity index (χ1) is 8.40. The molecule has 98 valence electrons. The van der Waals surface area contributed by atoms with Gasteiger partial charge in [-0.15, -0.1) is 12.3 Å². The molecule has 0 aliphatic carbocycles. The van der Waals surface area contributed by atoms with Crippen molar-refractivity contribution in [1.29, 1.82) is 0 Å². The van der Waals surface area contributed by atoms with Crippen molar-refractivity contribution in [3.63, 3.8) is 0 Å². The van der Waals surface area contributed by atoms with E-state index in [2.05, 4.69) is 27.3 Å². The van der Waals surface area contributed by atoms with E-state index in [1.54, 1.807) is 6.07 Å². The van der Waals surface area contributed by atoms with Gasteiger partial charge >= 0.3 is 6.18 Å². The predicted molar refractivity (Wildman–Crippen MR) is 67.3 cm³/mol. The van der Waals surface area contributed by atoms with Crippen molar-refractivity contribution in [3.8, 4) is 12.3 Å². The van der Waals surface area contributed by atoms with E-state index in [4.69, 9.17) is 12.3 Å². The number of terminal acetylenes is 1. The van der Waals surface area contributed by atoms with Crippen molar-refractivity contribution in [2.45, 2.75) is 25.1 Å². The molecule has 0 aliphatic rings. The van der Waals surface area contributed by atoms with Crippen molar-refractivity contribution < 1.29 is 13.2 Å². The molecule has 0 spiro atoms. The lowest BCUT2D eigenvalue weighted by Crippen LogP contribution is -2.28. The smallest absolute Gasteiger partial charge is 0.271 e. The molecular weight excluding hydrogens is 309 g/mol. The van der Waals surface area contributed by atoms with Crippen LogP contribution in [0.3, 0.4) is 0 Å². The van der Waals surface area contributed by atoms with E-state index in [1.165, 1.54) is 6.07 Å². The Bertz CT molecular complexity index is 452. The second-order valence-corrected chi connectivity index (χ2v) is 4.55. The molecule has 2 nitrogen and oxygen atoms in total. The second-order valence-electron chi connectivity index (χ2n) is 3.70. The summed E-state index contributed by atoms with van der Waals surface area (Å²) >= 11 is 2.89. The van der Waals surface area contributed by atoms with Crippen LogP contribution in [-0.2, 0) is 6.18 Å².